The van der Waals surface area contributed by atoms with E-state index >= 15 is 0 Å². The van der Waals surface area contributed by atoms with E-state index in [0.29, 0.717) is 11.4 Å². The van der Waals surface area contributed by atoms with Crippen LogP contribution in [0.25, 0.3) is 0 Å². The van der Waals surface area contributed by atoms with Gasteiger partial charge in [0.25, 0.3) is 0 Å². The maximum absolute atomic E-state index is 11.6. The lowest BCUT2D eigenvalue weighted by molar-refractivity contribution is -0.148. The maximum Gasteiger partial charge on any atom is 0.306 e. The predicted molar refractivity (Wildman–Crippen MR) is 68.9 cm³/mol. The Balaban J connectivity index is 2.19. The van der Waals surface area contributed by atoms with Crippen LogP contribution in [0.3, 0.4) is 0 Å². The van der Waals surface area contributed by atoms with E-state index in [1.807, 2.05) is 6.07 Å². The lowest BCUT2D eigenvalue weighted by Gasteiger charge is -2.44. The van der Waals surface area contributed by atoms with Crippen LogP contribution in [0, 0.1) is 5.92 Å². The van der Waals surface area contributed by atoms with Crippen LogP contribution in [0.1, 0.15) is 12.8 Å². The molecule has 1 aromatic carbocycles. The number of nitrogens with two attached hydrogens (primary N) is 1. The normalized spacial score (nSPS) is 25.2. The molecule has 6 nitrogen and oxygen atoms in total. The molecule has 1 fully saturated rings. The molecule has 0 spiro atoms. The van der Waals surface area contributed by atoms with Gasteiger partial charge in [-0.2, -0.15) is 0 Å². The number of para-hydroxylation sites is 2. The number of primary amides is 1. The number of carboxylic acids is 1. The van der Waals surface area contributed by atoms with Gasteiger partial charge in [0.05, 0.1) is 18.7 Å². The summed E-state index contributed by atoms with van der Waals surface area (Å²) < 4.78 is 5.18. The first kappa shape index (κ1) is 13.2. The molecule has 1 saturated carbocycles. The van der Waals surface area contributed by atoms with Crippen LogP contribution in [0.2, 0.25) is 0 Å². The summed E-state index contributed by atoms with van der Waals surface area (Å²) >= 11 is 0. The molecule has 0 unspecified atom stereocenters. The molecule has 0 saturated heterocycles. The smallest absolute Gasteiger partial charge is 0.306 e. The molecule has 1 aliphatic rings. The number of benzene rings is 1. The Hall–Kier alpha value is -2.24. The van der Waals surface area contributed by atoms with Gasteiger partial charge in [-0.05, 0) is 25.0 Å². The van der Waals surface area contributed by atoms with Crippen molar-refractivity contribution in [2.24, 2.45) is 11.7 Å². The molecular weight excluding hydrogens is 248 g/mol. The fourth-order valence-electron chi connectivity index (χ4n) is 2.33. The molecule has 0 aromatic heterocycles. The van der Waals surface area contributed by atoms with Gasteiger partial charge in [-0.3, -0.25) is 9.59 Å². The second-order valence-corrected chi connectivity index (χ2v) is 4.72. The molecule has 0 atom stereocenters. The minimum atomic E-state index is -1.00. The van der Waals surface area contributed by atoms with Crippen molar-refractivity contribution in [1.29, 1.82) is 0 Å². The third-order valence-electron chi connectivity index (χ3n) is 3.49. The Bertz CT molecular complexity index is 509. The summed E-state index contributed by atoms with van der Waals surface area (Å²) in [7, 11) is 1.53. The van der Waals surface area contributed by atoms with Crippen molar-refractivity contribution in [3.8, 4) is 5.75 Å². The number of hydrogen-bond donors (Lipinski definition) is 3. The van der Waals surface area contributed by atoms with Crippen LogP contribution < -0.4 is 15.8 Å². The Morgan fingerprint density at radius 1 is 1.42 bits per heavy atom. The summed E-state index contributed by atoms with van der Waals surface area (Å²) in [5, 5.41) is 11.9. The summed E-state index contributed by atoms with van der Waals surface area (Å²) in [6.07, 6.45) is 0.380. The first-order valence-electron chi connectivity index (χ1n) is 5.92. The van der Waals surface area contributed by atoms with Crippen molar-refractivity contribution in [2.45, 2.75) is 18.4 Å². The van der Waals surface area contributed by atoms with E-state index in [0.717, 1.165) is 0 Å². The molecule has 0 radical (unpaired) electrons. The molecule has 1 aromatic rings. The van der Waals surface area contributed by atoms with Gasteiger partial charge in [0.1, 0.15) is 11.3 Å². The number of nitrogens with one attached hydrogen (secondary N) is 1. The minimum Gasteiger partial charge on any atom is -0.495 e. The summed E-state index contributed by atoms with van der Waals surface area (Å²) in [5.41, 5.74) is 5.03. The van der Waals surface area contributed by atoms with Gasteiger partial charge < -0.3 is 20.9 Å². The second-order valence-electron chi connectivity index (χ2n) is 4.72. The van der Waals surface area contributed by atoms with E-state index < -0.39 is 23.3 Å². The molecule has 102 valence electrons. The zero-order chi connectivity index (χ0) is 14.0. The van der Waals surface area contributed by atoms with E-state index in [1.165, 1.54) is 7.11 Å². The molecule has 19 heavy (non-hydrogen) atoms. The minimum absolute atomic E-state index is 0.190. The molecule has 1 amide bonds. The second kappa shape index (κ2) is 4.79. The molecule has 0 bridgehead atoms. The SMILES string of the molecule is COc1ccccc1NC1(C(N)=O)CC(C(=O)O)C1. The fraction of sp³-hybridized carbons (Fsp3) is 0.385. The number of amides is 1. The maximum atomic E-state index is 11.6. The monoisotopic (exact) mass is 264 g/mol. The lowest BCUT2D eigenvalue weighted by Crippen LogP contribution is -2.60. The van der Waals surface area contributed by atoms with Crippen molar-refractivity contribution in [3.05, 3.63) is 24.3 Å². The van der Waals surface area contributed by atoms with Gasteiger partial charge in [-0.25, -0.2) is 0 Å². The van der Waals surface area contributed by atoms with Crippen molar-refractivity contribution in [1.82, 2.24) is 0 Å². The Labute approximate surface area is 110 Å². The van der Waals surface area contributed by atoms with Crippen LogP contribution in [0.4, 0.5) is 5.69 Å². The predicted octanol–water partition coefficient (Wildman–Crippen LogP) is 0.826. The van der Waals surface area contributed by atoms with E-state index in [2.05, 4.69) is 5.32 Å². The number of methoxy groups -OCH3 is 1. The van der Waals surface area contributed by atoms with Gasteiger partial charge in [0.2, 0.25) is 5.91 Å². The van der Waals surface area contributed by atoms with Crippen molar-refractivity contribution in [2.75, 3.05) is 12.4 Å². The van der Waals surface area contributed by atoms with Gasteiger partial charge in [0.15, 0.2) is 0 Å². The molecule has 4 N–H and O–H groups in total. The van der Waals surface area contributed by atoms with Crippen LogP contribution in [-0.2, 0) is 9.59 Å². The summed E-state index contributed by atoms with van der Waals surface area (Å²) in [6, 6.07) is 7.12. The van der Waals surface area contributed by atoms with Gasteiger partial charge in [0, 0.05) is 0 Å². The number of carbonyl (C=O) groups excluding carboxylic acids is 1. The third-order valence-corrected chi connectivity index (χ3v) is 3.49. The summed E-state index contributed by atoms with van der Waals surface area (Å²) in [5.74, 6) is -1.40. The zero-order valence-electron chi connectivity index (χ0n) is 10.6. The first-order valence-corrected chi connectivity index (χ1v) is 5.92. The molecule has 6 heteroatoms. The lowest BCUT2D eigenvalue weighted by atomic mass is 9.67. The Morgan fingerprint density at radius 2 is 2.05 bits per heavy atom. The molecule has 0 heterocycles. The topological polar surface area (TPSA) is 102 Å². The highest BCUT2D eigenvalue weighted by Crippen LogP contribution is 2.42. The fourth-order valence-corrected chi connectivity index (χ4v) is 2.33. The quantitative estimate of drug-likeness (QED) is 0.731. The van der Waals surface area contributed by atoms with Gasteiger partial charge >= 0.3 is 5.97 Å². The number of anilines is 1. The number of rotatable bonds is 5. The van der Waals surface area contributed by atoms with Crippen LogP contribution in [0.5, 0.6) is 5.75 Å². The van der Waals surface area contributed by atoms with E-state index in [4.69, 9.17) is 15.6 Å². The summed E-state index contributed by atoms with van der Waals surface area (Å²) in [6.45, 7) is 0. The van der Waals surface area contributed by atoms with Crippen LogP contribution in [0.15, 0.2) is 24.3 Å². The molecule has 2 rings (SSSR count). The van der Waals surface area contributed by atoms with Crippen molar-refractivity contribution in [3.63, 3.8) is 0 Å². The Kier molecular flexibility index (Phi) is 3.33. The molecule has 0 aliphatic heterocycles. The van der Waals surface area contributed by atoms with Crippen molar-refractivity contribution < 1.29 is 19.4 Å². The average molecular weight is 264 g/mol. The van der Waals surface area contributed by atoms with E-state index in [9.17, 15) is 9.59 Å². The average Bonchev–Trinajstić information content (AvgIpc) is 2.32. The van der Waals surface area contributed by atoms with Gasteiger partial charge in [-0.1, -0.05) is 12.1 Å². The van der Waals surface area contributed by atoms with Crippen LogP contribution >= 0.6 is 0 Å². The molecule has 1 aliphatic carbocycles. The van der Waals surface area contributed by atoms with E-state index in [1.54, 1.807) is 18.2 Å². The van der Waals surface area contributed by atoms with Crippen LogP contribution in [-0.4, -0.2) is 29.6 Å². The number of hydrogen-bond acceptors (Lipinski definition) is 4. The highest BCUT2D eigenvalue weighted by Gasteiger charge is 2.52. The zero-order valence-corrected chi connectivity index (χ0v) is 10.6. The third kappa shape index (κ3) is 2.33. The Morgan fingerprint density at radius 3 is 2.58 bits per heavy atom. The number of ether oxygens (including phenoxy) is 1. The van der Waals surface area contributed by atoms with E-state index in [-0.39, 0.29) is 12.8 Å². The number of carboxylic acid groups (broad SMARTS) is 1. The molecular formula is C13H16N2O4. The van der Waals surface area contributed by atoms with Gasteiger partial charge in [-0.15, -0.1) is 0 Å². The standard InChI is InChI=1S/C13H16N2O4/c1-19-10-5-3-2-4-9(10)15-13(12(14)18)6-8(7-13)11(16)17/h2-5,8,15H,6-7H2,1H3,(H2,14,18)(H,16,17). The number of carbonyl (C=O) groups is 2. The highest BCUT2D eigenvalue weighted by molar-refractivity contribution is 5.92. The highest BCUT2D eigenvalue weighted by atomic mass is 16.5. The largest absolute Gasteiger partial charge is 0.495 e. The first-order chi connectivity index (χ1) is 8.98. The number of aliphatic carboxylic acids is 1. The van der Waals surface area contributed by atoms with Crippen molar-refractivity contribution >= 4 is 17.6 Å². The summed E-state index contributed by atoms with van der Waals surface area (Å²) in [4.78, 5) is 22.5.